The molecule has 0 heterocycles. The van der Waals surface area contributed by atoms with E-state index in [1.807, 2.05) is 48.6 Å². The molecule has 0 aromatic heterocycles. The average Bonchev–Trinajstić information content (AvgIpc) is 1.62. The summed E-state index contributed by atoms with van der Waals surface area (Å²) in [6.45, 7) is 0. The largest absolute Gasteiger partial charge is 2.00 e. The van der Waals surface area contributed by atoms with Crippen LogP contribution in [0, 0.1) is 0 Å². The maximum atomic E-state index is 2.00. The Morgan fingerprint density at radius 3 is 0.545 bits per heavy atom. The molecule has 11 heavy (non-hydrogen) atoms. The van der Waals surface area contributed by atoms with Crippen LogP contribution in [0.1, 0.15) is 0 Å². The monoisotopic (exact) mass is 553 g/mol. The number of halogens is 2. The van der Waals surface area contributed by atoms with Gasteiger partial charge in [-0.25, -0.2) is 0 Å². The molecule has 0 N–H and O–H groups in total. The standard InChI is InChI=1S/C8H8.2HI.Pt/c1-2-4-6-8-7-5-3-1;;;/h1-8H;2*1H;/q;;;+2/p-2/b2-1-,3-1?,4-2?,5-3-,6-4?,7-5?,8-6?,8-7?;;;. The Hall–Kier alpha value is 1.11. The fourth-order valence-electron chi connectivity index (χ4n) is 0.513. The fraction of sp³-hybridized carbons (Fsp3) is 0. The van der Waals surface area contributed by atoms with Crippen LogP contribution in [0.25, 0.3) is 0 Å². The van der Waals surface area contributed by atoms with Crippen LogP contribution in [0.3, 0.4) is 0 Å². The van der Waals surface area contributed by atoms with E-state index in [0.29, 0.717) is 0 Å². The molecule has 0 unspecified atom stereocenters. The molecule has 1 aliphatic carbocycles. The first-order valence-corrected chi connectivity index (χ1v) is 2.67. The smallest absolute Gasteiger partial charge is 1.00 e. The van der Waals surface area contributed by atoms with E-state index in [9.17, 15) is 0 Å². The minimum Gasteiger partial charge on any atom is -1.00 e. The molecule has 0 amide bonds. The summed E-state index contributed by atoms with van der Waals surface area (Å²) in [5.41, 5.74) is 0. The van der Waals surface area contributed by atoms with E-state index in [1.54, 1.807) is 0 Å². The SMILES string of the molecule is C1=C/C=C\C=C/C=C1.[I-].[I-].[Pt+2]. The van der Waals surface area contributed by atoms with Crippen molar-refractivity contribution in [2.45, 2.75) is 0 Å². The summed E-state index contributed by atoms with van der Waals surface area (Å²) >= 11 is 0. The minimum absolute atomic E-state index is 0. The molecular formula is C8H8I2Pt. The molecule has 0 aromatic rings. The molecule has 0 atom stereocenters. The van der Waals surface area contributed by atoms with Gasteiger partial charge in [-0.2, -0.15) is 0 Å². The Morgan fingerprint density at radius 2 is 0.455 bits per heavy atom. The van der Waals surface area contributed by atoms with Crippen LogP contribution in [0.5, 0.6) is 0 Å². The van der Waals surface area contributed by atoms with Gasteiger partial charge in [-0.1, -0.05) is 48.6 Å². The zero-order valence-electron chi connectivity index (χ0n) is 5.69. The molecule has 0 aromatic carbocycles. The zero-order chi connectivity index (χ0) is 5.66. The van der Waals surface area contributed by atoms with Crippen molar-refractivity contribution in [2.24, 2.45) is 0 Å². The Morgan fingerprint density at radius 1 is 0.364 bits per heavy atom. The maximum absolute atomic E-state index is 2.00. The molecule has 3 heteroatoms. The molecule has 1 aliphatic rings. The third-order valence-corrected chi connectivity index (χ3v) is 0.889. The van der Waals surface area contributed by atoms with E-state index in [4.69, 9.17) is 0 Å². The molecule has 0 fully saturated rings. The molecule has 0 bridgehead atoms. The summed E-state index contributed by atoms with van der Waals surface area (Å²) in [5.74, 6) is 0. The van der Waals surface area contributed by atoms with Crippen LogP contribution in [0.4, 0.5) is 0 Å². The van der Waals surface area contributed by atoms with Crippen LogP contribution < -0.4 is 48.0 Å². The van der Waals surface area contributed by atoms with Crippen molar-refractivity contribution in [1.29, 1.82) is 0 Å². The second-order valence-electron chi connectivity index (χ2n) is 1.54. The molecule has 0 saturated heterocycles. The fourth-order valence-corrected chi connectivity index (χ4v) is 0.513. The van der Waals surface area contributed by atoms with Crippen LogP contribution in [-0.4, -0.2) is 0 Å². The van der Waals surface area contributed by atoms with Crippen molar-refractivity contribution in [2.75, 3.05) is 0 Å². The third kappa shape index (κ3) is 11.1. The molecule has 0 spiro atoms. The molecule has 0 radical (unpaired) electrons. The topological polar surface area (TPSA) is 0 Å². The van der Waals surface area contributed by atoms with Gasteiger partial charge in [-0.3, -0.25) is 0 Å². The first kappa shape index (κ1) is 18.0. The third-order valence-electron chi connectivity index (χ3n) is 0.889. The molecule has 64 valence electrons. The van der Waals surface area contributed by atoms with Gasteiger partial charge in [0.25, 0.3) is 0 Å². The van der Waals surface area contributed by atoms with E-state index >= 15 is 0 Å². The van der Waals surface area contributed by atoms with Gasteiger partial charge < -0.3 is 48.0 Å². The summed E-state index contributed by atoms with van der Waals surface area (Å²) in [4.78, 5) is 0. The van der Waals surface area contributed by atoms with Crippen LogP contribution in [0.15, 0.2) is 48.6 Å². The van der Waals surface area contributed by atoms with Gasteiger partial charge in [0.05, 0.1) is 0 Å². The van der Waals surface area contributed by atoms with Gasteiger partial charge in [0, 0.05) is 0 Å². The van der Waals surface area contributed by atoms with Crippen molar-refractivity contribution in [1.82, 2.24) is 0 Å². The van der Waals surface area contributed by atoms with Crippen LogP contribution >= 0.6 is 0 Å². The summed E-state index contributed by atoms with van der Waals surface area (Å²) in [6.07, 6.45) is 16.0. The van der Waals surface area contributed by atoms with E-state index in [2.05, 4.69) is 0 Å². The number of hydrogen-bond acceptors (Lipinski definition) is 0. The first-order chi connectivity index (χ1) is 4.00. The quantitative estimate of drug-likeness (QED) is 0.271. The Labute approximate surface area is 116 Å². The van der Waals surface area contributed by atoms with Gasteiger partial charge >= 0.3 is 21.1 Å². The van der Waals surface area contributed by atoms with Crippen molar-refractivity contribution < 1.29 is 69.0 Å². The Kier molecular flexibility index (Phi) is 22.4. The van der Waals surface area contributed by atoms with Gasteiger partial charge in [0.15, 0.2) is 0 Å². The van der Waals surface area contributed by atoms with E-state index in [0.717, 1.165) is 0 Å². The van der Waals surface area contributed by atoms with Crippen molar-refractivity contribution in [3.05, 3.63) is 48.6 Å². The van der Waals surface area contributed by atoms with Gasteiger partial charge in [-0.15, -0.1) is 0 Å². The van der Waals surface area contributed by atoms with E-state index in [1.165, 1.54) is 0 Å². The number of hydrogen-bond donors (Lipinski definition) is 0. The number of allylic oxidation sites excluding steroid dienone is 8. The van der Waals surface area contributed by atoms with Crippen molar-refractivity contribution >= 4 is 0 Å². The summed E-state index contributed by atoms with van der Waals surface area (Å²) in [7, 11) is 0. The predicted molar refractivity (Wildman–Crippen MR) is 36.6 cm³/mol. The summed E-state index contributed by atoms with van der Waals surface area (Å²) in [6, 6.07) is 0. The van der Waals surface area contributed by atoms with Gasteiger partial charge in [-0.05, 0) is 0 Å². The Bertz CT molecular complexity index is 113. The summed E-state index contributed by atoms with van der Waals surface area (Å²) in [5, 5.41) is 0. The van der Waals surface area contributed by atoms with Gasteiger partial charge in [0.1, 0.15) is 0 Å². The molecule has 0 aliphatic heterocycles. The van der Waals surface area contributed by atoms with E-state index in [-0.39, 0.29) is 69.0 Å². The van der Waals surface area contributed by atoms with E-state index < -0.39 is 0 Å². The second-order valence-corrected chi connectivity index (χ2v) is 1.54. The molecule has 0 nitrogen and oxygen atoms in total. The summed E-state index contributed by atoms with van der Waals surface area (Å²) < 4.78 is 0. The normalized spacial score (nSPS) is 17.5. The maximum Gasteiger partial charge on any atom is 2.00 e. The number of rotatable bonds is 0. The van der Waals surface area contributed by atoms with Crippen molar-refractivity contribution in [3.8, 4) is 0 Å². The van der Waals surface area contributed by atoms with Gasteiger partial charge in [0.2, 0.25) is 0 Å². The molecule has 1 rings (SSSR count). The molecular weight excluding hydrogens is 545 g/mol. The average molecular weight is 553 g/mol. The first-order valence-electron chi connectivity index (χ1n) is 2.67. The van der Waals surface area contributed by atoms with Crippen LogP contribution in [0.2, 0.25) is 0 Å². The second kappa shape index (κ2) is 13.7. The zero-order valence-corrected chi connectivity index (χ0v) is 12.3. The van der Waals surface area contributed by atoms with Crippen molar-refractivity contribution in [3.63, 3.8) is 0 Å². The molecule has 0 saturated carbocycles. The Balaban J connectivity index is -0.000000213. The minimum atomic E-state index is 0. The predicted octanol–water partition coefficient (Wildman–Crippen LogP) is -3.77. The van der Waals surface area contributed by atoms with Crippen LogP contribution in [-0.2, 0) is 21.1 Å².